The monoisotopic (exact) mass is 391 g/mol. The molecular weight excluding hydrogens is 362 g/mol. The highest BCUT2D eigenvalue weighted by Crippen LogP contribution is 2.25. The molecule has 152 valence electrons. The van der Waals surface area contributed by atoms with Gasteiger partial charge in [0.25, 0.3) is 5.91 Å². The molecule has 5 nitrogen and oxygen atoms in total. The quantitative estimate of drug-likeness (QED) is 0.816. The number of hydrogen-bond donors (Lipinski definition) is 1. The SMILES string of the molecule is O=C(NCC(c1ccccc1)N1CCCCC1)c1ccc(N2CCCC2=O)cc1. The number of rotatable bonds is 6. The third-order valence-corrected chi connectivity index (χ3v) is 5.99. The molecule has 5 heteroatoms. The molecule has 2 heterocycles. The van der Waals surface area contributed by atoms with Crippen molar-refractivity contribution in [3.8, 4) is 0 Å². The van der Waals surface area contributed by atoms with Crippen LogP contribution in [-0.4, -0.2) is 42.9 Å². The van der Waals surface area contributed by atoms with Gasteiger partial charge in [-0.3, -0.25) is 14.5 Å². The molecule has 2 fully saturated rings. The van der Waals surface area contributed by atoms with Gasteiger partial charge in [-0.05, 0) is 62.2 Å². The standard InChI is InChI=1S/C24H29N3O2/c28-23-10-7-17-27(23)21-13-11-20(12-14-21)24(29)25-18-22(19-8-3-1-4-9-19)26-15-5-2-6-16-26/h1,3-4,8-9,11-14,22H,2,5-7,10,15-18H2,(H,25,29). The van der Waals surface area contributed by atoms with E-state index in [1.807, 2.05) is 30.3 Å². The summed E-state index contributed by atoms with van der Waals surface area (Å²) in [5.41, 5.74) is 2.75. The van der Waals surface area contributed by atoms with Gasteiger partial charge < -0.3 is 10.2 Å². The second-order valence-corrected chi connectivity index (χ2v) is 7.93. The van der Waals surface area contributed by atoms with Crippen LogP contribution in [-0.2, 0) is 4.79 Å². The minimum atomic E-state index is -0.0674. The van der Waals surface area contributed by atoms with Crippen molar-refractivity contribution in [2.45, 2.75) is 38.1 Å². The van der Waals surface area contributed by atoms with Crippen molar-refractivity contribution >= 4 is 17.5 Å². The van der Waals surface area contributed by atoms with E-state index in [2.05, 4.69) is 34.5 Å². The van der Waals surface area contributed by atoms with Crippen LogP contribution in [0.5, 0.6) is 0 Å². The molecule has 0 spiro atoms. The molecule has 0 radical (unpaired) electrons. The van der Waals surface area contributed by atoms with Gasteiger partial charge in [-0.25, -0.2) is 0 Å². The maximum Gasteiger partial charge on any atom is 0.251 e. The Morgan fingerprint density at radius 1 is 0.897 bits per heavy atom. The first-order chi connectivity index (χ1) is 14.2. The lowest BCUT2D eigenvalue weighted by atomic mass is 10.0. The molecule has 1 N–H and O–H groups in total. The Morgan fingerprint density at radius 2 is 1.62 bits per heavy atom. The molecule has 2 amide bonds. The number of nitrogens with zero attached hydrogens (tertiary/aromatic N) is 2. The van der Waals surface area contributed by atoms with Gasteiger partial charge >= 0.3 is 0 Å². The van der Waals surface area contributed by atoms with E-state index in [0.29, 0.717) is 18.5 Å². The lowest BCUT2D eigenvalue weighted by molar-refractivity contribution is -0.117. The molecule has 29 heavy (non-hydrogen) atoms. The van der Waals surface area contributed by atoms with Gasteiger partial charge in [-0.1, -0.05) is 36.8 Å². The van der Waals surface area contributed by atoms with Gasteiger partial charge in [-0.2, -0.15) is 0 Å². The molecule has 1 unspecified atom stereocenters. The van der Waals surface area contributed by atoms with Crippen molar-refractivity contribution in [1.82, 2.24) is 10.2 Å². The fourth-order valence-corrected chi connectivity index (χ4v) is 4.37. The van der Waals surface area contributed by atoms with E-state index in [0.717, 1.165) is 31.7 Å². The number of amides is 2. The van der Waals surface area contributed by atoms with Crippen molar-refractivity contribution in [3.05, 3.63) is 65.7 Å². The number of hydrogen-bond acceptors (Lipinski definition) is 3. The minimum Gasteiger partial charge on any atom is -0.350 e. The van der Waals surface area contributed by atoms with E-state index in [-0.39, 0.29) is 17.9 Å². The van der Waals surface area contributed by atoms with Crippen LogP contribution >= 0.6 is 0 Å². The number of benzene rings is 2. The second-order valence-electron chi connectivity index (χ2n) is 7.93. The summed E-state index contributed by atoms with van der Waals surface area (Å²) in [6.45, 7) is 3.51. The first-order valence-electron chi connectivity index (χ1n) is 10.7. The Morgan fingerprint density at radius 3 is 2.28 bits per heavy atom. The molecule has 0 aliphatic carbocycles. The van der Waals surface area contributed by atoms with Crippen molar-refractivity contribution < 1.29 is 9.59 Å². The minimum absolute atomic E-state index is 0.0674. The van der Waals surface area contributed by atoms with Gasteiger partial charge in [0.05, 0.1) is 6.04 Å². The smallest absolute Gasteiger partial charge is 0.251 e. The normalized spacial score (nSPS) is 18.6. The predicted molar refractivity (Wildman–Crippen MR) is 115 cm³/mol. The van der Waals surface area contributed by atoms with E-state index in [1.54, 1.807) is 4.90 Å². The van der Waals surface area contributed by atoms with Crippen LogP contribution in [0.25, 0.3) is 0 Å². The zero-order chi connectivity index (χ0) is 20.1. The lowest BCUT2D eigenvalue weighted by Crippen LogP contribution is -2.40. The molecule has 2 aromatic carbocycles. The third-order valence-electron chi connectivity index (χ3n) is 5.99. The van der Waals surface area contributed by atoms with Crippen LogP contribution in [0.2, 0.25) is 0 Å². The number of piperidine rings is 1. The van der Waals surface area contributed by atoms with Crippen molar-refractivity contribution in [3.63, 3.8) is 0 Å². The van der Waals surface area contributed by atoms with E-state index in [1.165, 1.54) is 24.8 Å². The van der Waals surface area contributed by atoms with Crippen LogP contribution in [0.15, 0.2) is 54.6 Å². The number of carbonyl (C=O) groups excluding carboxylic acids is 2. The van der Waals surface area contributed by atoms with E-state index >= 15 is 0 Å². The van der Waals surface area contributed by atoms with Gasteiger partial charge in [0.2, 0.25) is 5.91 Å². The summed E-state index contributed by atoms with van der Waals surface area (Å²) in [6, 6.07) is 18.0. The fourth-order valence-electron chi connectivity index (χ4n) is 4.37. The summed E-state index contributed by atoms with van der Waals surface area (Å²) < 4.78 is 0. The highest BCUT2D eigenvalue weighted by atomic mass is 16.2. The van der Waals surface area contributed by atoms with Crippen LogP contribution in [0, 0.1) is 0 Å². The zero-order valence-electron chi connectivity index (χ0n) is 16.8. The third kappa shape index (κ3) is 4.67. The summed E-state index contributed by atoms with van der Waals surface area (Å²) in [7, 11) is 0. The molecule has 2 aromatic rings. The van der Waals surface area contributed by atoms with Gasteiger partial charge in [0.15, 0.2) is 0 Å². The number of anilines is 1. The molecular formula is C24H29N3O2. The number of nitrogens with one attached hydrogen (secondary N) is 1. The Bertz CT molecular complexity index is 829. The molecule has 2 aliphatic rings. The Balaban J connectivity index is 1.41. The Kier molecular flexibility index (Phi) is 6.25. The largest absolute Gasteiger partial charge is 0.350 e. The first kappa shape index (κ1) is 19.6. The summed E-state index contributed by atoms with van der Waals surface area (Å²) in [4.78, 5) is 28.9. The van der Waals surface area contributed by atoms with Crippen LogP contribution in [0.3, 0.4) is 0 Å². The van der Waals surface area contributed by atoms with E-state index < -0.39 is 0 Å². The molecule has 1 atom stereocenters. The maximum atomic E-state index is 12.7. The topological polar surface area (TPSA) is 52.7 Å². The van der Waals surface area contributed by atoms with Gasteiger partial charge in [0, 0.05) is 30.8 Å². The van der Waals surface area contributed by atoms with Gasteiger partial charge in [0.1, 0.15) is 0 Å². The van der Waals surface area contributed by atoms with Gasteiger partial charge in [-0.15, -0.1) is 0 Å². The van der Waals surface area contributed by atoms with Crippen LogP contribution in [0.4, 0.5) is 5.69 Å². The average molecular weight is 392 g/mol. The van der Waals surface area contributed by atoms with Crippen molar-refractivity contribution in [1.29, 1.82) is 0 Å². The predicted octanol–water partition coefficient (Wildman–Crippen LogP) is 3.77. The molecule has 0 bridgehead atoms. The molecule has 2 saturated heterocycles. The number of carbonyl (C=O) groups is 2. The fraction of sp³-hybridized carbons (Fsp3) is 0.417. The molecule has 0 saturated carbocycles. The lowest BCUT2D eigenvalue weighted by Gasteiger charge is -2.35. The van der Waals surface area contributed by atoms with E-state index in [4.69, 9.17) is 0 Å². The first-order valence-corrected chi connectivity index (χ1v) is 10.7. The van der Waals surface area contributed by atoms with E-state index in [9.17, 15) is 9.59 Å². The van der Waals surface area contributed by atoms with Crippen LogP contribution in [0.1, 0.15) is 54.1 Å². The average Bonchev–Trinajstić information content (AvgIpc) is 3.21. The molecule has 2 aliphatic heterocycles. The summed E-state index contributed by atoms with van der Waals surface area (Å²) in [5.74, 6) is 0.0941. The molecule has 0 aromatic heterocycles. The van der Waals surface area contributed by atoms with Crippen LogP contribution < -0.4 is 10.2 Å². The summed E-state index contributed by atoms with van der Waals surface area (Å²) in [5, 5.41) is 3.13. The highest BCUT2D eigenvalue weighted by Gasteiger charge is 2.24. The number of likely N-dealkylation sites (tertiary alicyclic amines) is 1. The van der Waals surface area contributed by atoms with Crippen molar-refractivity contribution in [2.75, 3.05) is 31.1 Å². The maximum absolute atomic E-state index is 12.7. The van der Waals surface area contributed by atoms with Crippen molar-refractivity contribution in [2.24, 2.45) is 0 Å². The second kappa shape index (κ2) is 9.23. The highest BCUT2D eigenvalue weighted by molar-refractivity contribution is 5.97. The summed E-state index contributed by atoms with van der Waals surface area (Å²) in [6.07, 6.45) is 5.23. The molecule has 4 rings (SSSR count). The Hall–Kier alpha value is -2.66. The summed E-state index contributed by atoms with van der Waals surface area (Å²) >= 11 is 0. The Labute approximate surface area is 172 Å². The zero-order valence-corrected chi connectivity index (χ0v) is 16.8.